The van der Waals surface area contributed by atoms with E-state index in [1.54, 1.807) is 7.11 Å². The van der Waals surface area contributed by atoms with Gasteiger partial charge < -0.3 is 9.47 Å². The van der Waals surface area contributed by atoms with E-state index >= 15 is 0 Å². The lowest BCUT2D eigenvalue weighted by Gasteiger charge is -2.54. The second-order valence-corrected chi connectivity index (χ2v) is 7.95. The zero-order valence-corrected chi connectivity index (χ0v) is 15.3. The number of Topliss-reactive ketones (excluding diaryl/α,β-unsaturated/α-hetero) is 1. The second-order valence-electron chi connectivity index (χ2n) is 7.95. The van der Waals surface area contributed by atoms with E-state index < -0.39 is 5.60 Å². The Hall–Kier alpha value is -2.13. The van der Waals surface area contributed by atoms with Crippen LogP contribution in [0.3, 0.4) is 0 Å². The van der Waals surface area contributed by atoms with E-state index in [1.165, 1.54) is 16.7 Å². The van der Waals surface area contributed by atoms with Crippen LogP contribution in [0.25, 0.3) is 0 Å². The van der Waals surface area contributed by atoms with Crippen LogP contribution >= 0.6 is 0 Å². The van der Waals surface area contributed by atoms with Gasteiger partial charge >= 0.3 is 0 Å². The molecule has 0 N–H and O–H groups in total. The summed E-state index contributed by atoms with van der Waals surface area (Å²) in [5.74, 6) is 1.59. The molecule has 1 saturated heterocycles. The van der Waals surface area contributed by atoms with Gasteiger partial charge in [-0.1, -0.05) is 30.3 Å². The predicted octanol–water partition coefficient (Wildman–Crippen LogP) is 4.84. The van der Waals surface area contributed by atoms with Crippen molar-refractivity contribution < 1.29 is 14.3 Å². The molecule has 0 radical (unpaired) electrons. The van der Waals surface area contributed by atoms with Gasteiger partial charge in [-0.05, 0) is 66.5 Å². The van der Waals surface area contributed by atoms with Crippen molar-refractivity contribution in [3.8, 4) is 5.75 Å². The number of ketones is 1. The molecule has 0 aromatic heterocycles. The van der Waals surface area contributed by atoms with E-state index in [1.807, 2.05) is 0 Å². The minimum atomic E-state index is -0.642. The average molecular weight is 348 g/mol. The van der Waals surface area contributed by atoms with E-state index in [0.717, 1.165) is 30.6 Å². The lowest BCUT2D eigenvalue weighted by Crippen LogP contribution is -2.53. The molecule has 4 aliphatic rings. The van der Waals surface area contributed by atoms with Crippen LogP contribution in [-0.4, -0.2) is 18.5 Å². The number of hydrogen-bond donors (Lipinski definition) is 0. The molecule has 6 rings (SSSR count). The molecule has 1 spiro atoms. The van der Waals surface area contributed by atoms with Gasteiger partial charge in [0, 0.05) is 12.3 Å². The first kappa shape index (κ1) is 16.1. The summed E-state index contributed by atoms with van der Waals surface area (Å²) in [6, 6.07) is 15.0. The highest BCUT2D eigenvalue weighted by molar-refractivity contribution is 5.91. The molecule has 2 bridgehead atoms. The Morgan fingerprint density at radius 3 is 2.65 bits per heavy atom. The first-order chi connectivity index (χ1) is 12.6. The number of fused-ring (bicyclic) bond motifs is 1. The Bertz CT molecular complexity index is 873. The maximum Gasteiger partial charge on any atom is 0.165 e. The van der Waals surface area contributed by atoms with E-state index in [-0.39, 0.29) is 12.0 Å². The average Bonchev–Trinajstić information content (AvgIpc) is 3.02. The summed E-state index contributed by atoms with van der Waals surface area (Å²) in [7, 11) is 1.72. The summed E-state index contributed by atoms with van der Waals surface area (Å²) in [6.07, 6.45) is 3.35. The van der Waals surface area contributed by atoms with Crippen molar-refractivity contribution in [2.75, 3.05) is 7.11 Å². The molecule has 2 fully saturated rings. The standard InChI is InChI=1S/C23H24O3/c1-14-11-17-18(13-19(14)25-2)22-16(15-7-4-3-5-8-15)12-20(17)26-23(22)10-6-9-21(23)24/h3-5,7-8,11,13,16,20,22H,6,9-10,12H2,1-2H3/t16?,20?,22-,23?/m1/s1. The lowest BCUT2D eigenvalue weighted by atomic mass is 9.60. The maximum absolute atomic E-state index is 13.0. The van der Waals surface area contributed by atoms with Crippen molar-refractivity contribution >= 4 is 5.78 Å². The van der Waals surface area contributed by atoms with E-state index in [4.69, 9.17) is 9.47 Å². The first-order valence-electron chi connectivity index (χ1n) is 9.58. The van der Waals surface area contributed by atoms with Gasteiger partial charge in [-0.3, -0.25) is 4.79 Å². The van der Waals surface area contributed by atoms with Gasteiger partial charge in [0.15, 0.2) is 5.78 Å². The Labute approximate surface area is 154 Å². The van der Waals surface area contributed by atoms with Crippen LogP contribution in [-0.2, 0) is 9.53 Å². The van der Waals surface area contributed by atoms with Crippen LogP contribution < -0.4 is 4.74 Å². The van der Waals surface area contributed by atoms with Crippen LogP contribution in [0.4, 0.5) is 0 Å². The zero-order valence-electron chi connectivity index (χ0n) is 15.3. The molecule has 3 heteroatoms. The molecule has 0 amide bonds. The second kappa shape index (κ2) is 5.68. The summed E-state index contributed by atoms with van der Waals surface area (Å²) < 4.78 is 12.2. The third-order valence-corrected chi connectivity index (χ3v) is 6.66. The predicted molar refractivity (Wildman–Crippen MR) is 99.7 cm³/mol. The van der Waals surface area contributed by atoms with Crippen LogP contribution in [0.5, 0.6) is 5.75 Å². The summed E-state index contributed by atoms with van der Waals surface area (Å²) >= 11 is 0. The van der Waals surface area contributed by atoms with E-state index in [0.29, 0.717) is 18.1 Å². The van der Waals surface area contributed by atoms with Crippen LogP contribution in [0.1, 0.15) is 65.9 Å². The number of ether oxygens (including phenoxy) is 2. The minimum Gasteiger partial charge on any atom is -0.496 e. The monoisotopic (exact) mass is 348 g/mol. The number of benzene rings is 2. The molecule has 1 saturated carbocycles. The largest absolute Gasteiger partial charge is 0.496 e. The Kier molecular flexibility index (Phi) is 3.51. The summed E-state index contributed by atoms with van der Waals surface area (Å²) in [5, 5.41) is 0. The van der Waals surface area contributed by atoms with Crippen molar-refractivity contribution in [3.63, 3.8) is 0 Å². The van der Waals surface area contributed by atoms with Gasteiger partial charge in [-0.15, -0.1) is 0 Å². The number of carbonyl (C=O) groups excluding carboxylic acids is 1. The van der Waals surface area contributed by atoms with Gasteiger partial charge in [0.1, 0.15) is 11.4 Å². The first-order valence-corrected chi connectivity index (χ1v) is 9.58. The summed E-state index contributed by atoms with van der Waals surface area (Å²) in [5.41, 5.74) is 4.32. The molecule has 3 nitrogen and oxygen atoms in total. The van der Waals surface area contributed by atoms with Gasteiger partial charge in [0.25, 0.3) is 0 Å². The fraction of sp³-hybridized carbons (Fsp3) is 0.435. The molecule has 2 aromatic rings. The topological polar surface area (TPSA) is 35.5 Å². The molecular weight excluding hydrogens is 324 g/mol. The minimum absolute atomic E-state index is 0.00753. The quantitative estimate of drug-likeness (QED) is 0.779. The third kappa shape index (κ3) is 2.07. The number of methoxy groups -OCH3 is 1. The molecule has 3 unspecified atom stereocenters. The summed E-state index contributed by atoms with van der Waals surface area (Å²) in [6.45, 7) is 2.08. The highest BCUT2D eigenvalue weighted by Gasteiger charge is 2.60. The van der Waals surface area contributed by atoms with Gasteiger partial charge in [-0.2, -0.15) is 0 Å². The highest BCUT2D eigenvalue weighted by atomic mass is 16.5. The molecule has 26 heavy (non-hydrogen) atoms. The number of hydrogen-bond acceptors (Lipinski definition) is 3. The Morgan fingerprint density at radius 1 is 1.15 bits per heavy atom. The lowest BCUT2D eigenvalue weighted by molar-refractivity contribution is -0.176. The van der Waals surface area contributed by atoms with Crippen LogP contribution in [0.2, 0.25) is 0 Å². The molecule has 2 aliphatic heterocycles. The molecule has 4 atom stereocenters. The van der Waals surface area contributed by atoms with Crippen LogP contribution in [0.15, 0.2) is 42.5 Å². The molecule has 134 valence electrons. The molecular formula is C23H24O3. The smallest absolute Gasteiger partial charge is 0.165 e. The molecule has 2 aliphatic carbocycles. The van der Waals surface area contributed by atoms with Crippen molar-refractivity contribution in [3.05, 3.63) is 64.7 Å². The third-order valence-electron chi connectivity index (χ3n) is 6.66. The fourth-order valence-electron chi connectivity index (χ4n) is 5.56. The maximum atomic E-state index is 13.0. The Morgan fingerprint density at radius 2 is 1.96 bits per heavy atom. The van der Waals surface area contributed by atoms with E-state index in [9.17, 15) is 4.79 Å². The van der Waals surface area contributed by atoms with Gasteiger partial charge in [0.05, 0.1) is 13.2 Å². The van der Waals surface area contributed by atoms with Crippen LogP contribution in [0, 0.1) is 6.92 Å². The SMILES string of the molecule is COc1cc2c(cc1C)C1CC(c3ccccc3)[C@H]2C2(CCCC2=O)O1. The number of aryl methyl sites for hydroxylation is 1. The Balaban J connectivity index is 1.72. The number of carbonyl (C=O) groups is 1. The molecule has 2 aromatic carbocycles. The van der Waals surface area contributed by atoms with Crippen molar-refractivity contribution in [2.24, 2.45) is 0 Å². The normalized spacial score (nSPS) is 32.1. The highest BCUT2D eigenvalue weighted by Crippen LogP contribution is 2.63. The van der Waals surface area contributed by atoms with Crippen molar-refractivity contribution in [2.45, 2.75) is 56.1 Å². The van der Waals surface area contributed by atoms with Gasteiger partial charge in [-0.25, -0.2) is 0 Å². The fourth-order valence-corrected chi connectivity index (χ4v) is 5.56. The summed E-state index contributed by atoms with van der Waals surface area (Å²) in [4.78, 5) is 13.0. The zero-order chi connectivity index (χ0) is 17.9. The van der Waals surface area contributed by atoms with Gasteiger partial charge in [0.2, 0.25) is 0 Å². The number of rotatable bonds is 2. The van der Waals surface area contributed by atoms with Crippen molar-refractivity contribution in [1.82, 2.24) is 0 Å². The van der Waals surface area contributed by atoms with E-state index in [2.05, 4.69) is 49.4 Å². The molecule has 2 heterocycles. The van der Waals surface area contributed by atoms with Crippen molar-refractivity contribution in [1.29, 1.82) is 0 Å².